The number of hydrogen-bond donors (Lipinski definition) is 1. The summed E-state index contributed by atoms with van der Waals surface area (Å²) < 4.78 is 16.4. The van der Waals surface area contributed by atoms with Crippen LogP contribution in [0.15, 0.2) is 28.9 Å². The van der Waals surface area contributed by atoms with Gasteiger partial charge in [-0.15, -0.1) is 0 Å². The van der Waals surface area contributed by atoms with Gasteiger partial charge in [0, 0.05) is 17.6 Å². The molecular weight excluding hydrogens is 283 g/mol. The SMILES string of the molecule is Fc1cc2c(ccn2C2CCNCC2)cc1Br. The summed E-state index contributed by atoms with van der Waals surface area (Å²) >= 11 is 3.23. The van der Waals surface area contributed by atoms with Crippen LogP contribution >= 0.6 is 15.9 Å². The number of aromatic nitrogens is 1. The maximum atomic E-state index is 13.6. The first kappa shape index (κ1) is 11.2. The first-order chi connectivity index (χ1) is 8.25. The van der Waals surface area contributed by atoms with Crippen molar-refractivity contribution in [2.75, 3.05) is 13.1 Å². The average Bonchev–Trinajstić information content (AvgIpc) is 2.74. The van der Waals surface area contributed by atoms with Crippen molar-refractivity contribution in [2.24, 2.45) is 0 Å². The van der Waals surface area contributed by atoms with E-state index in [1.165, 1.54) is 0 Å². The lowest BCUT2D eigenvalue weighted by molar-refractivity contribution is 0.376. The average molecular weight is 297 g/mol. The number of fused-ring (bicyclic) bond motifs is 1. The Morgan fingerprint density at radius 3 is 2.82 bits per heavy atom. The van der Waals surface area contributed by atoms with Gasteiger partial charge in [0.2, 0.25) is 0 Å². The van der Waals surface area contributed by atoms with Gasteiger partial charge in [-0.05, 0) is 60.1 Å². The zero-order valence-corrected chi connectivity index (χ0v) is 11.0. The number of nitrogens with zero attached hydrogens (tertiary/aromatic N) is 1. The molecular formula is C13H14BrFN2. The Labute approximate surface area is 108 Å². The Hall–Kier alpha value is -0.870. The van der Waals surface area contributed by atoms with Gasteiger partial charge >= 0.3 is 0 Å². The van der Waals surface area contributed by atoms with Crippen molar-refractivity contribution in [2.45, 2.75) is 18.9 Å². The number of benzene rings is 1. The Kier molecular flexibility index (Phi) is 2.92. The molecule has 1 aromatic heterocycles. The van der Waals surface area contributed by atoms with Gasteiger partial charge in [-0.1, -0.05) is 0 Å². The van der Waals surface area contributed by atoms with E-state index >= 15 is 0 Å². The molecule has 17 heavy (non-hydrogen) atoms. The maximum Gasteiger partial charge on any atom is 0.139 e. The van der Waals surface area contributed by atoms with Gasteiger partial charge < -0.3 is 9.88 Å². The fraction of sp³-hybridized carbons (Fsp3) is 0.385. The minimum atomic E-state index is -0.189. The largest absolute Gasteiger partial charge is 0.344 e. The number of piperidine rings is 1. The lowest BCUT2D eigenvalue weighted by Gasteiger charge is -2.25. The van der Waals surface area contributed by atoms with E-state index in [1.54, 1.807) is 6.07 Å². The Balaban J connectivity index is 2.07. The predicted octanol–water partition coefficient (Wildman–Crippen LogP) is 3.47. The molecule has 3 rings (SSSR count). The smallest absolute Gasteiger partial charge is 0.139 e. The second-order valence-electron chi connectivity index (χ2n) is 4.53. The molecule has 2 aromatic rings. The molecule has 0 radical (unpaired) electrons. The topological polar surface area (TPSA) is 17.0 Å². The zero-order valence-electron chi connectivity index (χ0n) is 9.42. The van der Waals surface area contributed by atoms with Gasteiger partial charge in [-0.2, -0.15) is 0 Å². The van der Waals surface area contributed by atoms with E-state index < -0.39 is 0 Å². The molecule has 0 saturated carbocycles. The molecule has 0 atom stereocenters. The van der Waals surface area contributed by atoms with E-state index in [9.17, 15) is 4.39 Å². The summed E-state index contributed by atoms with van der Waals surface area (Å²) in [5.41, 5.74) is 0.998. The van der Waals surface area contributed by atoms with E-state index in [-0.39, 0.29) is 5.82 Å². The van der Waals surface area contributed by atoms with Gasteiger partial charge in [0.1, 0.15) is 5.82 Å². The third-order valence-corrected chi connectivity index (χ3v) is 4.07. The van der Waals surface area contributed by atoms with Gasteiger partial charge in [-0.3, -0.25) is 0 Å². The zero-order chi connectivity index (χ0) is 11.8. The van der Waals surface area contributed by atoms with Crippen molar-refractivity contribution >= 4 is 26.8 Å². The van der Waals surface area contributed by atoms with E-state index in [0.29, 0.717) is 10.5 Å². The van der Waals surface area contributed by atoms with Gasteiger partial charge in [0.25, 0.3) is 0 Å². The highest BCUT2D eigenvalue weighted by Gasteiger charge is 2.17. The highest BCUT2D eigenvalue weighted by Crippen LogP contribution is 2.29. The van der Waals surface area contributed by atoms with Crippen LogP contribution in [-0.4, -0.2) is 17.7 Å². The van der Waals surface area contributed by atoms with Crippen LogP contribution in [0.1, 0.15) is 18.9 Å². The van der Waals surface area contributed by atoms with Gasteiger partial charge in [0.05, 0.1) is 9.99 Å². The number of hydrogen-bond acceptors (Lipinski definition) is 1. The van der Waals surface area contributed by atoms with Crippen LogP contribution in [0.25, 0.3) is 10.9 Å². The summed E-state index contributed by atoms with van der Waals surface area (Å²) in [5.74, 6) is -0.189. The van der Waals surface area contributed by atoms with E-state index in [2.05, 4.69) is 38.1 Å². The Morgan fingerprint density at radius 1 is 1.29 bits per heavy atom. The fourth-order valence-corrected chi connectivity index (χ4v) is 2.91. The molecule has 0 unspecified atom stereocenters. The van der Waals surface area contributed by atoms with Crippen LogP contribution in [0.4, 0.5) is 4.39 Å². The second-order valence-corrected chi connectivity index (χ2v) is 5.38. The summed E-state index contributed by atoms with van der Waals surface area (Å²) in [6, 6.07) is 6.03. The number of nitrogens with one attached hydrogen (secondary N) is 1. The van der Waals surface area contributed by atoms with E-state index in [4.69, 9.17) is 0 Å². The first-order valence-electron chi connectivity index (χ1n) is 5.92. The standard InChI is InChI=1S/C13H14BrFN2/c14-11-7-9-3-6-17(13(9)8-12(11)15)10-1-4-16-5-2-10/h3,6-8,10,16H,1-2,4-5H2. The Morgan fingerprint density at radius 2 is 2.06 bits per heavy atom. The molecule has 1 N–H and O–H groups in total. The molecule has 2 heterocycles. The van der Waals surface area contributed by atoms with Crippen molar-refractivity contribution in [3.05, 3.63) is 34.7 Å². The van der Waals surface area contributed by atoms with E-state index in [0.717, 1.165) is 36.8 Å². The molecule has 90 valence electrons. The van der Waals surface area contributed by atoms with Crippen LogP contribution in [0, 0.1) is 5.82 Å². The third-order valence-electron chi connectivity index (χ3n) is 3.46. The van der Waals surface area contributed by atoms with Crippen molar-refractivity contribution in [1.82, 2.24) is 9.88 Å². The second kappa shape index (κ2) is 4.42. The minimum Gasteiger partial charge on any atom is -0.344 e. The molecule has 0 aliphatic carbocycles. The molecule has 4 heteroatoms. The first-order valence-corrected chi connectivity index (χ1v) is 6.71. The molecule has 1 aliphatic rings. The molecule has 1 saturated heterocycles. The summed E-state index contributed by atoms with van der Waals surface area (Å²) in [6.07, 6.45) is 4.30. The monoisotopic (exact) mass is 296 g/mol. The number of rotatable bonds is 1. The summed E-state index contributed by atoms with van der Waals surface area (Å²) in [4.78, 5) is 0. The van der Waals surface area contributed by atoms with Crippen molar-refractivity contribution in [3.8, 4) is 0 Å². The molecule has 0 amide bonds. The Bertz CT molecular complexity index is 544. The fourth-order valence-electron chi connectivity index (χ4n) is 2.55. The predicted molar refractivity (Wildman–Crippen MR) is 70.7 cm³/mol. The molecule has 1 fully saturated rings. The summed E-state index contributed by atoms with van der Waals surface area (Å²) in [7, 11) is 0. The quantitative estimate of drug-likeness (QED) is 0.853. The van der Waals surface area contributed by atoms with Crippen LogP contribution in [0.5, 0.6) is 0 Å². The van der Waals surface area contributed by atoms with Crippen LogP contribution in [-0.2, 0) is 0 Å². The summed E-state index contributed by atoms with van der Waals surface area (Å²) in [5, 5.41) is 4.44. The van der Waals surface area contributed by atoms with Gasteiger partial charge in [0.15, 0.2) is 0 Å². The molecule has 0 bridgehead atoms. The highest BCUT2D eigenvalue weighted by molar-refractivity contribution is 9.10. The van der Waals surface area contributed by atoms with Crippen molar-refractivity contribution in [1.29, 1.82) is 0 Å². The number of halogens is 2. The van der Waals surface area contributed by atoms with Crippen molar-refractivity contribution < 1.29 is 4.39 Å². The lowest BCUT2D eigenvalue weighted by Crippen LogP contribution is -2.29. The summed E-state index contributed by atoms with van der Waals surface area (Å²) in [6.45, 7) is 2.09. The van der Waals surface area contributed by atoms with Crippen molar-refractivity contribution in [3.63, 3.8) is 0 Å². The third kappa shape index (κ3) is 2.00. The van der Waals surface area contributed by atoms with Gasteiger partial charge in [-0.25, -0.2) is 4.39 Å². The lowest BCUT2D eigenvalue weighted by atomic mass is 10.1. The minimum absolute atomic E-state index is 0.189. The highest BCUT2D eigenvalue weighted by atomic mass is 79.9. The van der Waals surface area contributed by atoms with Crippen LogP contribution < -0.4 is 5.32 Å². The van der Waals surface area contributed by atoms with Crippen LogP contribution in [0.3, 0.4) is 0 Å². The molecule has 2 nitrogen and oxygen atoms in total. The molecule has 1 aromatic carbocycles. The molecule has 1 aliphatic heterocycles. The normalized spacial score (nSPS) is 17.8. The van der Waals surface area contributed by atoms with Crippen LogP contribution in [0.2, 0.25) is 0 Å². The maximum absolute atomic E-state index is 13.6. The molecule has 0 spiro atoms. The van der Waals surface area contributed by atoms with E-state index in [1.807, 2.05) is 6.07 Å².